The molecular weight excluding hydrogens is 615 g/mol. The first-order chi connectivity index (χ1) is 23.9. The minimum absolute atomic E-state index is 0.702. The van der Waals surface area contributed by atoms with Gasteiger partial charge in [-0.25, -0.2) is 0 Å². The number of unbranched alkanes of at least 4 members (excludes halogenated alkanes) is 24. The molecule has 0 saturated carbocycles. The summed E-state index contributed by atoms with van der Waals surface area (Å²) in [6.07, 6.45) is 36.2. The Bertz CT molecular complexity index is 681. The van der Waals surface area contributed by atoms with Crippen molar-refractivity contribution >= 4 is 8.60 Å². The van der Waals surface area contributed by atoms with Gasteiger partial charge in [-0.05, 0) is 50.7 Å². The SMILES string of the molecule is CCCCCCCCCOCCCCCCCCCOP(OCCCCCCCCCOCCCCCCCCC)Oc1ccccc1. The summed E-state index contributed by atoms with van der Waals surface area (Å²) in [5.74, 6) is 0.821. The lowest BCUT2D eigenvalue weighted by Crippen LogP contribution is -2.01. The Labute approximate surface area is 300 Å². The zero-order chi connectivity index (χ0) is 34.3. The van der Waals surface area contributed by atoms with Gasteiger partial charge in [0.15, 0.2) is 0 Å². The van der Waals surface area contributed by atoms with E-state index in [1.165, 1.54) is 167 Å². The lowest BCUT2D eigenvalue weighted by molar-refractivity contribution is 0.125. The molecule has 0 bridgehead atoms. The van der Waals surface area contributed by atoms with Gasteiger partial charge in [0.25, 0.3) is 0 Å². The van der Waals surface area contributed by atoms with Crippen molar-refractivity contribution < 1.29 is 23.0 Å². The second-order valence-corrected chi connectivity index (χ2v) is 14.9. The summed E-state index contributed by atoms with van der Waals surface area (Å²) >= 11 is 0. The van der Waals surface area contributed by atoms with E-state index in [0.29, 0.717) is 13.2 Å². The molecule has 0 N–H and O–H groups in total. The number of hydrogen-bond donors (Lipinski definition) is 0. The highest BCUT2D eigenvalue weighted by molar-refractivity contribution is 7.42. The van der Waals surface area contributed by atoms with Gasteiger partial charge in [-0.3, -0.25) is 0 Å². The van der Waals surface area contributed by atoms with E-state index < -0.39 is 8.60 Å². The maximum Gasteiger partial charge on any atom is 0.397 e. The summed E-state index contributed by atoms with van der Waals surface area (Å²) in [6.45, 7) is 9.73. The van der Waals surface area contributed by atoms with Gasteiger partial charge >= 0.3 is 8.60 Å². The van der Waals surface area contributed by atoms with Gasteiger partial charge in [0.2, 0.25) is 0 Å². The molecule has 0 aliphatic heterocycles. The van der Waals surface area contributed by atoms with Crippen molar-refractivity contribution in [3.8, 4) is 5.75 Å². The molecule has 1 rings (SSSR count). The predicted octanol–water partition coefficient (Wildman–Crippen LogP) is 14.3. The van der Waals surface area contributed by atoms with Crippen LogP contribution in [0.2, 0.25) is 0 Å². The van der Waals surface area contributed by atoms with Gasteiger partial charge < -0.3 is 23.0 Å². The van der Waals surface area contributed by atoms with E-state index in [1.54, 1.807) is 0 Å². The molecule has 0 spiro atoms. The molecule has 0 aliphatic carbocycles. The Morgan fingerprint density at radius 1 is 0.354 bits per heavy atom. The minimum atomic E-state index is -1.35. The predicted molar refractivity (Wildman–Crippen MR) is 208 cm³/mol. The summed E-state index contributed by atoms with van der Waals surface area (Å²) < 4.78 is 29.9. The summed E-state index contributed by atoms with van der Waals surface area (Å²) in [6, 6.07) is 9.94. The van der Waals surface area contributed by atoms with Crippen LogP contribution >= 0.6 is 8.60 Å². The largest absolute Gasteiger partial charge is 0.427 e. The second kappa shape index (κ2) is 39.1. The van der Waals surface area contributed by atoms with E-state index in [4.69, 9.17) is 23.0 Å². The molecule has 0 fully saturated rings. The van der Waals surface area contributed by atoms with E-state index >= 15 is 0 Å². The second-order valence-electron chi connectivity index (χ2n) is 13.7. The van der Waals surface area contributed by atoms with Crippen molar-refractivity contribution in [1.82, 2.24) is 0 Å². The third kappa shape index (κ3) is 33.8. The van der Waals surface area contributed by atoms with Crippen LogP contribution in [0.4, 0.5) is 0 Å². The quantitative estimate of drug-likeness (QED) is 0.0505. The number of para-hydroxylation sites is 1. The lowest BCUT2D eigenvalue weighted by Gasteiger charge is -2.17. The topological polar surface area (TPSA) is 46.2 Å². The Balaban J connectivity index is 1.95. The maximum absolute atomic E-state index is 6.10. The van der Waals surface area contributed by atoms with Gasteiger partial charge in [0.05, 0.1) is 13.2 Å². The highest BCUT2D eigenvalue weighted by Gasteiger charge is 2.14. The molecule has 0 aliphatic rings. The molecular formula is C42H79O5P. The third-order valence-electron chi connectivity index (χ3n) is 8.97. The van der Waals surface area contributed by atoms with Gasteiger partial charge in [-0.2, -0.15) is 0 Å². The fraction of sp³-hybridized carbons (Fsp3) is 0.857. The molecule has 0 saturated heterocycles. The van der Waals surface area contributed by atoms with Crippen molar-refractivity contribution in [3.05, 3.63) is 30.3 Å². The molecule has 0 amide bonds. The first-order valence-corrected chi connectivity index (χ1v) is 21.9. The van der Waals surface area contributed by atoms with E-state index in [2.05, 4.69) is 13.8 Å². The van der Waals surface area contributed by atoms with E-state index in [0.717, 1.165) is 45.0 Å². The Morgan fingerprint density at radius 2 is 0.646 bits per heavy atom. The highest BCUT2D eigenvalue weighted by Crippen LogP contribution is 2.41. The lowest BCUT2D eigenvalue weighted by atomic mass is 10.1. The van der Waals surface area contributed by atoms with Crippen LogP contribution in [0.15, 0.2) is 30.3 Å². The number of hydrogen-bond acceptors (Lipinski definition) is 5. The van der Waals surface area contributed by atoms with Crippen LogP contribution in [0, 0.1) is 0 Å². The Kier molecular flexibility index (Phi) is 36.9. The van der Waals surface area contributed by atoms with Crippen LogP contribution in [0.1, 0.15) is 194 Å². The third-order valence-corrected chi connectivity index (χ3v) is 10.1. The van der Waals surface area contributed by atoms with Gasteiger partial charge in [0.1, 0.15) is 5.75 Å². The van der Waals surface area contributed by atoms with Gasteiger partial charge in [0, 0.05) is 26.4 Å². The average molecular weight is 695 g/mol. The van der Waals surface area contributed by atoms with Crippen molar-refractivity contribution in [3.63, 3.8) is 0 Å². The van der Waals surface area contributed by atoms with Crippen LogP contribution < -0.4 is 4.52 Å². The molecule has 0 unspecified atom stereocenters. The normalized spacial score (nSPS) is 11.6. The maximum atomic E-state index is 6.10. The zero-order valence-corrected chi connectivity index (χ0v) is 32.8. The van der Waals surface area contributed by atoms with Crippen molar-refractivity contribution in [2.45, 2.75) is 194 Å². The molecule has 0 atom stereocenters. The van der Waals surface area contributed by atoms with E-state index in [-0.39, 0.29) is 0 Å². The van der Waals surface area contributed by atoms with Crippen LogP contribution in [0.3, 0.4) is 0 Å². The van der Waals surface area contributed by atoms with E-state index in [9.17, 15) is 0 Å². The van der Waals surface area contributed by atoms with Gasteiger partial charge in [-0.15, -0.1) is 0 Å². The van der Waals surface area contributed by atoms with Crippen molar-refractivity contribution in [1.29, 1.82) is 0 Å². The number of benzene rings is 1. The van der Waals surface area contributed by atoms with Gasteiger partial charge in [-0.1, -0.05) is 173 Å². The van der Waals surface area contributed by atoms with Crippen molar-refractivity contribution in [2.24, 2.45) is 0 Å². The first kappa shape index (κ1) is 45.3. The molecule has 5 nitrogen and oxygen atoms in total. The molecule has 1 aromatic carbocycles. The number of rotatable bonds is 40. The Hall–Kier alpha value is -0.710. The monoisotopic (exact) mass is 695 g/mol. The zero-order valence-electron chi connectivity index (χ0n) is 31.9. The van der Waals surface area contributed by atoms with E-state index in [1.807, 2.05) is 30.3 Å². The fourth-order valence-electron chi connectivity index (χ4n) is 5.84. The van der Waals surface area contributed by atoms with Crippen LogP contribution in [-0.2, 0) is 18.5 Å². The summed E-state index contributed by atoms with van der Waals surface area (Å²) in [4.78, 5) is 0. The molecule has 0 radical (unpaired) electrons. The molecule has 0 heterocycles. The van der Waals surface area contributed by atoms with Crippen LogP contribution in [-0.4, -0.2) is 39.6 Å². The summed E-state index contributed by atoms with van der Waals surface area (Å²) in [5.41, 5.74) is 0. The van der Waals surface area contributed by atoms with Crippen LogP contribution in [0.25, 0.3) is 0 Å². The Morgan fingerprint density at radius 3 is 0.979 bits per heavy atom. The summed E-state index contributed by atoms with van der Waals surface area (Å²) in [7, 11) is -1.35. The minimum Gasteiger partial charge on any atom is -0.427 e. The number of ether oxygens (including phenoxy) is 2. The molecule has 6 heteroatoms. The smallest absolute Gasteiger partial charge is 0.397 e. The first-order valence-electron chi connectivity index (χ1n) is 20.8. The molecule has 1 aromatic rings. The summed E-state index contributed by atoms with van der Waals surface area (Å²) in [5, 5.41) is 0. The van der Waals surface area contributed by atoms with Crippen LogP contribution in [0.5, 0.6) is 5.75 Å². The average Bonchev–Trinajstić information content (AvgIpc) is 3.10. The van der Waals surface area contributed by atoms with Crippen molar-refractivity contribution in [2.75, 3.05) is 39.6 Å². The molecule has 0 aromatic heterocycles. The highest BCUT2D eigenvalue weighted by atomic mass is 31.2. The standard InChI is InChI=1S/C42H79O5P/c1-3-5-7-9-13-19-28-36-43-38-30-21-15-11-17-23-32-40-45-48(47-42-34-26-25-27-35-42)46-41-33-24-18-12-16-22-31-39-44-37-29-20-14-10-8-6-4-2/h25-27,34-35H,3-24,28-33,36-41H2,1-2H3. The fourth-order valence-corrected chi connectivity index (χ4v) is 6.87. The molecule has 282 valence electrons. The molecule has 48 heavy (non-hydrogen) atoms.